The minimum atomic E-state index is -0.645. The summed E-state index contributed by atoms with van der Waals surface area (Å²) in [6, 6.07) is 22.8. The summed E-state index contributed by atoms with van der Waals surface area (Å²) in [5, 5.41) is 21.1. The summed E-state index contributed by atoms with van der Waals surface area (Å²) in [7, 11) is 0. The molecule has 0 radical (unpaired) electrons. The number of nitrogens with zero attached hydrogens (tertiary/aromatic N) is 3. The summed E-state index contributed by atoms with van der Waals surface area (Å²) in [6.07, 6.45) is 4.88. The zero-order valence-electron chi connectivity index (χ0n) is 18.0. The summed E-state index contributed by atoms with van der Waals surface area (Å²) < 4.78 is 0. The Morgan fingerprint density at radius 1 is 1.00 bits per heavy atom. The molecule has 1 saturated heterocycles. The monoisotopic (exact) mass is 475 g/mol. The Hall–Kier alpha value is -2.99. The molecule has 1 unspecified atom stereocenters. The number of hydrogen-bond acceptors (Lipinski definition) is 4. The van der Waals surface area contributed by atoms with Gasteiger partial charge in [-0.1, -0.05) is 53.4 Å². The standard InChI is InChI=1S/C27H23Cl2N3O/c1-2-19-5-12-25(24(29)15-19)32-14-13-31(17-26(32)21-8-10-23(28)11-9-21)18-27(33)22-6-3-20(16-30)4-7-22/h1,3-12,15,26-27,33H,13-14,17-18H2/t26-,27?/m0/s1. The van der Waals surface area contributed by atoms with Crippen molar-refractivity contribution in [3.63, 3.8) is 0 Å². The van der Waals surface area contributed by atoms with Gasteiger partial charge in [0.15, 0.2) is 0 Å². The number of rotatable bonds is 5. The van der Waals surface area contributed by atoms with E-state index in [1.807, 2.05) is 54.6 Å². The lowest BCUT2D eigenvalue weighted by Crippen LogP contribution is -2.49. The van der Waals surface area contributed by atoms with Crippen molar-refractivity contribution in [3.05, 3.63) is 99.0 Å². The second kappa shape index (κ2) is 10.3. The molecule has 6 heteroatoms. The molecular formula is C27H23Cl2N3O. The van der Waals surface area contributed by atoms with Crippen LogP contribution in [-0.2, 0) is 0 Å². The van der Waals surface area contributed by atoms with Crippen LogP contribution in [-0.4, -0.2) is 36.2 Å². The predicted molar refractivity (Wildman–Crippen MR) is 133 cm³/mol. The number of aliphatic hydroxyl groups is 1. The number of terminal acetylenes is 1. The summed E-state index contributed by atoms with van der Waals surface area (Å²) in [5.41, 5.74) is 4.18. The lowest BCUT2D eigenvalue weighted by Gasteiger charge is -2.44. The van der Waals surface area contributed by atoms with Crippen LogP contribution >= 0.6 is 23.2 Å². The Kier molecular flexibility index (Phi) is 7.23. The van der Waals surface area contributed by atoms with Crippen LogP contribution in [0.3, 0.4) is 0 Å². The minimum absolute atomic E-state index is 0.0263. The van der Waals surface area contributed by atoms with Crippen LogP contribution in [0, 0.1) is 23.7 Å². The summed E-state index contributed by atoms with van der Waals surface area (Å²) in [5.74, 6) is 2.63. The molecule has 0 aromatic heterocycles. The normalized spacial score (nSPS) is 17.2. The molecule has 1 aliphatic heterocycles. The van der Waals surface area contributed by atoms with E-state index in [1.54, 1.807) is 12.1 Å². The van der Waals surface area contributed by atoms with Crippen molar-refractivity contribution in [2.45, 2.75) is 12.1 Å². The van der Waals surface area contributed by atoms with Crippen molar-refractivity contribution in [1.29, 1.82) is 5.26 Å². The van der Waals surface area contributed by atoms with Gasteiger partial charge in [-0.3, -0.25) is 4.90 Å². The fourth-order valence-electron chi connectivity index (χ4n) is 4.22. The highest BCUT2D eigenvalue weighted by Gasteiger charge is 2.30. The maximum Gasteiger partial charge on any atom is 0.0991 e. The van der Waals surface area contributed by atoms with Gasteiger partial charge < -0.3 is 10.0 Å². The first-order valence-corrected chi connectivity index (χ1v) is 11.4. The molecular weight excluding hydrogens is 453 g/mol. The Morgan fingerprint density at radius 2 is 1.70 bits per heavy atom. The second-order valence-electron chi connectivity index (χ2n) is 8.08. The third kappa shape index (κ3) is 5.33. The van der Waals surface area contributed by atoms with Gasteiger partial charge in [0.1, 0.15) is 0 Å². The highest BCUT2D eigenvalue weighted by Crippen LogP contribution is 2.36. The van der Waals surface area contributed by atoms with Crippen molar-refractivity contribution < 1.29 is 5.11 Å². The molecule has 4 nitrogen and oxygen atoms in total. The molecule has 3 aromatic carbocycles. The van der Waals surface area contributed by atoms with Gasteiger partial charge in [0.2, 0.25) is 0 Å². The average Bonchev–Trinajstić information content (AvgIpc) is 2.84. The van der Waals surface area contributed by atoms with Crippen LogP contribution < -0.4 is 4.90 Å². The molecule has 4 rings (SSSR count). The SMILES string of the molecule is C#Cc1ccc(N2CCN(CC(O)c3ccc(C#N)cc3)C[C@H]2c2ccc(Cl)cc2)c(Cl)c1. The van der Waals surface area contributed by atoms with Gasteiger partial charge >= 0.3 is 0 Å². The largest absolute Gasteiger partial charge is 0.387 e. The molecule has 0 spiro atoms. The maximum absolute atomic E-state index is 10.8. The van der Waals surface area contributed by atoms with Crippen LogP contribution in [0.2, 0.25) is 10.0 Å². The number of β-amino-alcohol motifs (C(OH)–C–C–N with tert-alkyl or cyclic N) is 1. The van der Waals surface area contributed by atoms with Gasteiger partial charge in [-0.25, -0.2) is 0 Å². The first kappa shape index (κ1) is 23.2. The number of hydrogen-bond donors (Lipinski definition) is 1. The third-order valence-electron chi connectivity index (χ3n) is 6.00. The first-order valence-electron chi connectivity index (χ1n) is 10.7. The number of piperazine rings is 1. The minimum Gasteiger partial charge on any atom is -0.387 e. The van der Waals surface area contributed by atoms with Crippen molar-refractivity contribution in [1.82, 2.24) is 4.90 Å². The van der Waals surface area contributed by atoms with Crippen LogP contribution in [0.1, 0.15) is 34.4 Å². The zero-order valence-corrected chi connectivity index (χ0v) is 19.5. The quantitative estimate of drug-likeness (QED) is 0.498. The van der Waals surface area contributed by atoms with E-state index in [1.165, 1.54) is 0 Å². The molecule has 0 aliphatic carbocycles. The number of nitriles is 1. The predicted octanol–water partition coefficient (Wildman–Crippen LogP) is 5.44. The van der Waals surface area contributed by atoms with E-state index in [2.05, 4.69) is 21.8 Å². The van der Waals surface area contributed by atoms with Crippen LogP contribution in [0.25, 0.3) is 0 Å². The van der Waals surface area contributed by atoms with E-state index < -0.39 is 6.10 Å². The fourth-order valence-corrected chi connectivity index (χ4v) is 4.64. The molecule has 1 aliphatic rings. The molecule has 33 heavy (non-hydrogen) atoms. The van der Waals surface area contributed by atoms with E-state index in [4.69, 9.17) is 34.9 Å². The van der Waals surface area contributed by atoms with Crippen molar-refractivity contribution in [2.24, 2.45) is 0 Å². The Labute approximate surface area is 204 Å². The Morgan fingerprint density at radius 3 is 2.33 bits per heavy atom. The molecule has 1 fully saturated rings. The molecule has 166 valence electrons. The number of benzene rings is 3. The maximum atomic E-state index is 10.8. The van der Waals surface area contributed by atoms with Crippen molar-refractivity contribution >= 4 is 28.9 Å². The average molecular weight is 476 g/mol. The molecule has 0 bridgehead atoms. The lowest BCUT2D eigenvalue weighted by atomic mass is 10.00. The molecule has 1 heterocycles. The highest BCUT2D eigenvalue weighted by atomic mass is 35.5. The fraction of sp³-hybridized carbons (Fsp3) is 0.222. The van der Waals surface area contributed by atoms with Gasteiger partial charge in [-0.15, -0.1) is 6.42 Å². The third-order valence-corrected chi connectivity index (χ3v) is 6.55. The number of anilines is 1. The number of halogens is 2. The lowest BCUT2D eigenvalue weighted by molar-refractivity contribution is 0.100. The Bertz CT molecular complexity index is 1200. The van der Waals surface area contributed by atoms with Crippen LogP contribution in [0.15, 0.2) is 66.7 Å². The van der Waals surface area contributed by atoms with E-state index in [0.717, 1.165) is 35.5 Å². The van der Waals surface area contributed by atoms with Crippen molar-refractivity contribution in [2.75, 3.05) is 31.1 Å². The second-order valence-corrected chi connectivity index (χ2v) is 8.92. The first-order chi connectivity index (χ1) is 16.0. The van der Waals surface area contributed by atoms with Gasteiger partial charge in [0.25, 0.3) is 0 Å². The van der Waals surface area contributed by atoms with E-state index in [9.17, 15) is 5.11 Å². The van der Waals surface area contributed by atoms with Crippen molar-refractivity contribution in [3.8, 4) is 18.4 Å². The Balaban J connectivity index is 1.57. The van der Waals surface area contributed by atoms with Gasteiger partial charge in [-0.2, -0.15) is 5.26 Å². The molecule has 0 saturated carbocycles. The van der Waals surface area contributed by atoms with Crippen LogP contribution in [0.4, 0.5) is 5.69 Å². The van der Waals surface area contributed by atoms with Gasteiger partial charge in [0.05, 0.1) is 34.5 Å². The molecule has 0 amide bonds. The topological polar surface area (TPSA) is 50.5 Å². The smallest absolute Gasteiger partial charge is 0.0991 e. The van der Waals surface area contributed by atoms with Crippen LogP contribution in [0.5, 0.6) is 0 Å². The van der Waals surface area contributed by atoms with Gasteiger partial charge in [-0.05, 0) is 53.6 Å². The molecule has 2 atom stereocenters. The summed E-state index contributed by atoms with van der Waals surface area (Å²) in [4.78, 5) is 4.54. The molecule has 3 aromatic rings. The zero-order chi connectivity index (χ0) is 23.4. The van der Waals surface area contributed by atoms with E-state index >= 15 is 0 Å². The van der Waals surface area contributed by atoms with E-state index in [-0.39, 0.29) is 6.04 Å². The van der Waals surface area contributed by atoms with Gasteiger partial charge in [0, 0.05) is 36.8 Å². The summed E-state index contributed by atoms with van der Waals surface area (Å²) >= 11 is 12.7. The van der Waals surface area contributed by atoms with E-state index in [0.29, 0.717) is 28.7 Å². The number of aliphatic hydroxyl groups excluding tert-OH is 1. The highest BCUT2D eigenvalue weighted by molar-refractivity contribution is 6.33. The molecule has 1 N–H and O–H groups in total. The summed E-state index contributed by atoms with van der Waals surface area (Å²) in [6.45, 7) is 2.71.